The summed E-state index contributed by atoms with van der Waals surface area (Å²) in [6.45, 7) is -1.33. The number of hydrogen-bond acceptors (Lipinski definition) is 8. The molecule has 2 aliphatic rings. The summed E-state index contributed by atoms with van der Waals surface area (Å²) in [5.74, 6) is -1.95. The van der Waals surface area contributed by atoms with Gasteiger partial charge in [0, 0.05) is 6.42 Å². The largest absolute Gasteiger partial charge is 0.669 e. The first kappa shape index (κ1) is 20.1. The van der Waals surface area contributed by atoms with Crippen LogP contribution in [0.25, 0.3) is 0 Å². The number of likely N-dealkylation sites (tertiary alicyclic amines) is 1. The highest BCUT2D eigenvalue weighted by atomic mass is 16.6. The van der Waals surface area contributed by atoms with Crippen LogP contribution in [-0.4, -0.2) is 69.7 Å². The molecular formula is C17H22BN2O8-. The molecule has 1 aromatic rings. The lowest BCUT2D eigenvalue weighted by atomic mass is 9.70. The summed E-state index contributed by atoms with van der Waals surface area (Å²) in [6, 6.07) is 2.27. The lowest BCUT2D eigenvalue weighted by Gasteiger charge is -2.40. The number of aryl methyl sites for hydroxylation is 1. The first-order chi connectivity index (χ1) is 13.1. The molecule has 0 saturated carbocycles. The third kappa shape index (κ3) is 4.11. The molecule has 3 rings (SSSR count). The van der Waals surface area contributed by atoms with Crippen molar-refractivity contribution in [1.29, 1.82) is 0 Å². The lowest BCUT2D eigenvalue weighted by molar-refractivity contribution is -0.141. The van der Waals surface area contributed by atoms with Crippen LogP contribution in [0.3, 0.4) is 0 Å². The Morgan fingerprint density at radius 1 is 1.36 bits per heavy atom. The molecule has 2 aliphatic heterocycles. The Labute approximate surface area is 160 Å². The topological polar surface area (TPSA) is 160 Å². The van der Waals surface area contributed by atoms with E-state index in [4.69, 9.17) is 15.1 Å². The first-order valence-electron chi connectivity index (χ1n) is 8.96. The van der Waals surface area contributed by atoms with Gasteiger partial charge in [-0.15, -0.1) is 0 Å². The number of ketones is 1. The average Bonchev–Trinajstić information content (AvgIpc) is 2.55. The predicted octanol–water partition coefficient (Wildman–Crippen LogP) is -0.861. The van der Waals surface area contributed by atoms with Crippen LogP contribution >= 0.6 is 0 Å². The van der Waals surface area contributed by atoms with E-state index in [-0.39, 0.29) is 61.0 Å². The maximum atomic E-state index is 12.0. The molecule has 10 nitrogen and oxygen atoms in total. The Morgan fingerprint density at radius 2 is 2.04 bits per heavy atom. The van der Waals surface area contributed by atoms with E-state index in [0.29, 0.717) is 5.56 Å². The fourth-order valence-corrected chi connectivity index (χ4v) is 3.19. The zero-order valence-corrected chi connectivity index (χ0v) is 15.3. The first-order valence-corrected chi connectivity index (χ1v) is 8.96. The molecule has 0 radical (unpaired) electrons. The van der Waals surface area contributed by atoms with Gasteiger partial charge in [-0.05, 0) is 25.0 Å². The third-order valence-corrected chi connectivity index (χ3v) is 4.92. The molecule has 1 amide bonds. The average molecular weight is 393 g/mol. The molecule has 1 saturated heterocycles. The van der Waals surface area contributed by atoms with Gasteiger partial charge >= 0.3 is 12.7 Å². The molecule has 0 spiro atoms. The van der Waals surface area contributed by atoms with E-state index in [1.807, 2.05) is 0 Å². The van der Waals surface area contributed by atoms with Crippen LogP contribution in [0.5, 0.6) is 11.5 Å². The van der Waals surface area contributed by atoms with Gasteiger partial charge in [-0.3, -0.25) is 9.59 Å². The summed E-state index contributed by atoms with van der Waals surface area (Å²) in [5.41, 5.74) is 5.85. The van der Waals surface area contributed by atoms with Gasteiger partial charge in [0.25, 0.3) is 0 Å². The number of carboxylic acid groups (broad SMARTS) is 1. The van der Waals surface area contributed by atoms with Gasteiger partial charge in [0.15, 0.2) is 0 Å². The molecule has 0 bridgehead atoms. The van der Waals surface area contributed by atoms with Crippen LogP contribution in [0.15, 0.2) is 12.1 Å². The zero-order chi connectivity index (χ0) is 20.6. The molecule has 28 heavy (non-hydrogen) atoms. The number of carbonyl (C=O) groups excluding carboxylic acids is 2. The SMILES string of the molecule is CC(=O)[C@H](N)CC(=O)N1CC(Oc2ccc3c(c2C(=O)O)O[B-](O)(O)CC3)C1. The van der Waals surface area contributed by atoms with Gasteiger partial charge in [0.1, 0.15) is 23.2 Å². The van der Waals surface area contributed by atoms with E-state index in [0.717, 1.165) is 0 Å². The molecule has 0 unspecified atom stereocenters. The number of ether oxygens (including phenoxy) is 1. The van der Waals surface area contributed by atoms with E-state index in [9.17, 15) is 29.5 Å². The standard InChI is InChI=1S/C17H22BN2O8/c1-9(21)12(19)6-14(22)20-7-11(8-20)27-13-3-2-10-4-5-18(25,26)28-16(10)15(13)17(23)24/h2-3,11-12,25-26H,4-8,19H2,1H3,(H,23,24)/q-1/t12-/m1/s1. The number of carbonyl (C=O) groups is 3. The van der Waals surface area contributed by atoms with Crippen molar-refractivity contribution in [3.63, 3.8) is 0 Å². The molecule has 0 aliphatic carbocycles. The molecule has 2 heterocycles. The van der Waals surface area contributed by atoms with E-state index in [1.54, 1.807) is 6.07 Å². The Hall–Kier alpha value is -2.63. The highest BCUT2D eigenvalue weighted by Gasteiger charge is 2.36. The van der Waals surface area contributed by atoms with E-state index < -0.39 is 24.9 Å². The highest BCUT2D eigenvalue weighted by molar-refractivity contribution is 6.59. The second-order valence-electron chi connectivity index (χ2n) is 7.21. The second kappa shape index (κ2) is 7.42. The monoisotopic (exact) mass is 393 g/mol. The number of rotatable bonds is 6. The maximum Gasteiger partial charge on any atom is 0.430 e. The minimum Gasteiger partial charge on any atom is -0.669 e. The molecule has 1 atom stereocenters. The molecule has 1 fully saturated rings. The fourth-order valence-electron chi connectivity index (χ4n) is 3.19. The third-order valence-electron chi connectivity index (χ3n) is 4.92. The summed E-state index contributed by atoms with van der Waals surface area (Å²) < 4.78 is 10.8. The number of hydrogen-bond donors (Lipinski definition) is 4. The summed E-state index contributed by atoms with van der Waals surface area (Å²) >= 11 is 0. The van der Waals surface area contributed by atoms with Gasteiger partial charge in [-0.2, -0.15) is 0 Å². The second-order valence-corrected chi connectivity index (χ2v) is 7.21. The Kier molecular flexibility index (Phi) is 5.33. The molecule has 5 N–H and O–H groups in total. The number of aromatic carboxylic acids is 1. The van der Waals surface area contributed by atoms with Gasteiger partial charge in [-0.25, -0.2) is 4.79 Å². The number of benzene rings is 1. The molecule has 0 aromatic heterocycles. The Balaban J connectivity index is 1.69. The molecule has 152 valence electrons. The van der Waals surface area contributed by atoms with E-state index in [1.165, 1.54) is 17.9 Å². The summed E-state index contributed by atoms with van der Waals surface area (Å²) in [5, 5.41) is 29.1. The van der Waals surface area contributed by atoms with Gasteiger partial charge < -0.3 is 35.2 Å². The lowest BCUT2D eigenvalue weighted by Crippen LogP contribution is -2.57. The van der Waals surface area contributed by atoms with E-state index >= 15 is 0 Å². The molecular weight excluding hydrogens is 371 g/mol. The smallest absolute Gasteiger partial charge is 0.430 e. The van der Waals surface area contributed by atoms with Crippen molar-refractivity contribution >= 4 is 24.4 Å². The van der Waals surface area contributed by atoms with Crippen LogP contribution in [0.1, 0.15) is 29.3 Å². The summed E-state index contributed by atoms with van der Waals surface area (Å²) in [4.78, 5) is 36.4. The van der Waals surface area contributed by atoms with Crippen molar-refractivity contribution in [2.45, 2.75) is 38.2 Å². The van der Waals surface area contributed by atoms with E-state index in [2.05, 4.69) is 0 Å². The number of Topliss-reactive ketones (excluding diaryl/α,β-unsaturated/α-hetero) is 1. The van der Waals surface area contributed by atoms with Crippen molar-refractivity contribution < 1.29 is 38.9 Å². The Bertz CT molecular complexity index is 822. The molecule has 1 aromatic carbocycles. The maximum absolute atomic E-state index is 12.0. The Morgan fingerprint density at radius 3 is 2.64 bits per heavy atom. The minimum atomic E-state index is -3.11. The normalized spacial score (nSPS) is 19.1. The van der Waals surface area contributed by atoms with Gasteiger partial charge in [-0.1, -0.05) is 12.4 Å². The van der Waals surface area contributed by atoms with Crippen LogP contribution < -0.4 is 15.1 Å². The van der Waals surface area contributed by atoms with Crippen molar-refractivity contribution in [2.75, 3.05) is 13.1 Å². The van der Waals surface area contributed by atoms with Crippen LogP contribution in [-0.2, 0) is 16.0 Å². The van der Waals surface area contributed by atoms with Gasteiger partial charge in [0.2, 0.25) is 5.91 Å². The van der Waals surface area contributed by atoms with Crippen LogP contribution in [0.4, 0.5) is 0 Å². The zero-order valence-electron chi connectivity index (χ0n) is 15.3. The van der Waals surface area contributed by atoms with Crippen molar-refractivity contribution in [3.8, 4) is 11.5 Å². The van der Waals surface area contributed by atoms with Crippen molar-refractivity contribution in [1.82, 2.24) is 4.90 Å². The number of nitrogens with two attached hydrogens (primary N) is 1. The highest BCUT2D eigenvalue weighted by Crippen LogP contribution is 2.38. The van der Waals surface area contributed by atoms with Crippen molar-refractivity contribution in [2.24, 2.45) is 5.73 Å². The quantitative estimate of drug-likeness (QED) is 0.451. The van der Waals surface area contributed by atoms with Crippen molar-refractivity contribution in [3.05, 3.63) is 23.3 Å². The van der Waals surface area contributed by atoms with Crippen LogP contribution in [0, 0.1) is 0 Å². The molecule has 11 heteroatoms. The summed E-state index contributed by atoms with van der Waals surface area (Å²) in [6.07, 6.45) is -0.276. The predicted molar refractivity (Wildman–Crippen MR) is 97.0 cm³/mol. The summed E-state index contributed by atoms with van der Waals surface area (Å²) in [7, 11) is 0. The number of carboxylic acids is 1. The number of amides is 1. The number of fused-ring (bicyclic) bond motifs is 1. The minimum absolute atomic E-state index is 0.0195. The number of nitrogens with zero attached hydrogens (tertiary/aromatic N) is 1. The van der Waals surface area contributed by atoms with Crippen LogP contribution in [0.2, 0.25) is 6.32 Å². The fraction of sp³-hybridized carbons (Fsp3) is 0.471. The van der Waals surface area contributed by atoms with Gasteiger partial charge in [0.05, 0.1) is 24.9 Å².